The molecule has 1 fully saturated rings. The molecule has 1 aromatic heterocycles. The van der Waals surface area contributed by atoms with E-state index in [-0.39, 0.29) is 0 Å². The first kappa shape index (κ1) is 15.9. The molecule has 1 aliphatic rings. The summed E-state index contributed by atoms with van der Waals surface area (Å²) in [5.74, 6) is 0.979. The third kappa shape index (κ3) is 3.52. The summed E-state index contributed by atoms with van der Waals surface area (Å²) in [5, 5.41) is 12.1. The van der Waals surface area contributed by atoms with Crippen LogP contribution in [0.3, 0.4) is 0 Å². The van der Waals surface area contributed by atoms with E-state index in [4.69, 9.17) is 0 Å². The smallest absolute Gasteiger partial charge is 0.165 e. The molecule has 3 rings (SSSR count). The van der Waals surface area contributed by atoms with Crippen molar-refractivity contribution in [1.29, 1.82) is 0 Å². The molecule has 0 N–H and O–H groups in total. The lowest BCUT2D eigenvalue weighted by Gasteiger charge is -2.36. The minimum atomic E-state index is 0.841. The first-order valence-electron chi connectivity index (χ1n) is 8.47. The zero-order valence-electron chi connectivity index (χ0n) is 14.4. The Labute approximate surface area is 138 Å². The lowest BCUT2D eigenvalue weighted by atomic mass is 10.1. The normalized spacial score (nSPS) is 16.0. The lowest BCUT2D eigenvalue weighted by Crippen LogP contribution is -2.46. The fourth-order valence-corrected chi connectivity index (χ4v) is 3.15. The van der Waals surface area contributed by atoms with Crippen LogP contribution in [0.2, 0.25) is 0 Å². The summed E-state index contributed by atoms with van der Waals surface area (Å²) in [6.07, 6.45) is 1.05. The maximum absolute atomic E-state index is 4.18. The standard InChI is InChI=1S/C17H26N6/c1-4-8-23-17(18-19-20-23)13-21-9-11-22(12-10-21)16-7-5-6-14(2)15(16)3/h5-7H,4,8-13H2,1-3H3. The van der Waals surface area contributed by atoms with Crippen molar-refractivity contribution in [3.8, 4) is 0 Å². The number of hydrogen-bond acceptors (Lipinski definition) is 5. The molecular weight excluding hydrogens is 288 g/mol. The van der Waals surface area contributed by atoms with E-state index >= 15 is 0 Å². The van der Waals surface area contributed by atoms with E-state index in [0.29, 0.717) is 0 Å². The minimum absolute atomic E-state index is 0.841. The predicted molar refractivity (Wildman–Crippen MR) is 91.5 cm³/mol. The quantitative estimate of drug-likeness (QED) is 0.845. The zero-order valence-corrected chi connectivity index (χ0v) is 14.4. The number of rotatable bonds is 5. The van der Waals surface area contributed by atoms with Crippen molar-refractivity contribution in [3.05, 3.63) is 35.2 Å². The summed E-state index contributed by atoms with van der Waals surface area (Å²) in [6, 6.07) is 6.57. The molecule has 2 aromatic rings. The summed E-state index contributed by atoms with van der Waals surface area (Å²) >= 11 is 0. The van der Waals surface area contributed by atoms with Gasteiger partial charge in [-0.2, -0.15) is 0 Å². The third-order valence-electron chi connectivity index (χ3n) is 4.70. The average Bonchev–Trinajstić information content (AvgIpc) is 2.98. The van der Waals surface area contributed by atoms with Crippen LogP contribution in [0, 0.1) is 13.8 Å². The van der Waals surface area contributed by atoms with Gasteiger partial charge in [0.25, 0.3) is 0 Å². The fraction of sp³-hybridized carbons (Fsp3) is 0.588. The zero-order chi connectivity index (χ0) is 16.2. The number of nitrogens with zero attached hydrogens (tertiary/aromatic N) is 6. The maximum Gasteiger partial charge on any atom is 0.165 e. The van der Waals surface area contributed by atoms with Gasteiger partial charge in [0.1, 0.15) is 0 Å². The van der Waals surface area contributed by atoms with Gasteiger partial charge in [-0.15, -0.1) is 5.10 Å². The van der Waals surface area contributed by atoms with Crippen LogP contribution in [-0.2, 0) is 13.1 Å². The van der Waals surface area contributed by atoms with Crippen LogP contribution in [0.4, 0.5) is 5.69 Å². The van der Waals surface area contributed by atoms with Crippen molar-refractivity contribution >= 4 is 5.69 Å². The molecule has 1 aromatic carbocycles. The van der Waals surface area contributed by atoms with Crippen molar-refractivity contribution in [1.82, 2.24) is 25.1 Å². The SMILES string of the molecule is CCCn1nnnc1CN1CCN(c2cccc(C)c2C)CC1. The van der Waals surface area contributed by atoms with Crippen LogP contribution in [0.5, 0.6) is 0 Å². The highest BCUT2D eigenvalue weighted by Gasteiger charge is 2.20. The van der Waals surface area contributed by atoms with Crippen LogP contribution < -0.4 is 4.90 Å². The van der Waals surface area contributed by atoms with Crippen molar-refractivity contribution in [2.45, 2.75) is 40.3 Å². The average molecular weight is 314 g/mol. The largest absolute Gasteiger partial charge is 0.369 e. The number of anilines is 1. The van der Waals surface area contributed by atoms with Crippen molar-refractivity contribution in [2.24, 2.45) is 0 Å². The molecule has 2 heterocycles. The molecule has 0 spiro atoms. The number of aromatic nitrogens is 4. The Morgan fingerprint density at radius 2 is 1.87 bits per heavy atom. The van der Waals surface area contributed by atoms with Gasteiger partial charge in [0.05, 0.1) is 6.54 Å². The summed E-state index contributed by atoms with van der Waals surface area (Å²) in [4.78, 5) is 4.94. The maximum atomic E-state index is 4.18. The van der Waals surface area contributed by atoms with E-state index in [9.17, 15) is 0 Å². The third-order valence-corrected chi connectivity index (χ3v) is 4.70. The van der Waals surface area contributed by atoms with E-state index in [0.717, 1.165) is 51.5 Å². The summed E-state index contributed by atoms with van der Waals surface area (Å²) in [6.45, 7) is 12.5. The molecule has 0 unspecified atom stereocenters. The number of benzene rings is 1. The molecule has 23 heavy (non-hydrogen) atoms. The van der Waals surface area contributed by atoms with Crippen molar-refractivity contribution in [2.75, 3.05) is 31.1 Å². The molecule has 0 amide bonds. The first-order valence-corrected chi connectivity index (χ1v) is 8.47. The molecule has 6 heteroatoms. The van der Waals surface area contributed by atoms with Gasteiger partial charge < -0.3 is 4.90 Å². The highest BCUT2D eigenvalue weighted by atomic mass is 15.5. The molecule has 0 saturated carbocycles. The van der Waals surface area contributed by atoms with Gasteiger partial charge in [-0.25, -0.2) is 4.68 Å². The van der Waals surface area contributed by atoms with E-state index in [1.807, 2.05) is 4.68 Å². The molecule has 0 bridgehead atoms. The first-order chi connectivity index (χ1) is 11.2. The Hall–Kier alpha value is -1.95. The topological polar surface area (TPSA) is 50.1 Å². The Morgan fingerprint density at radius 3 is 2.61 bits per heavy atom. The van der Waals surface area contributed by atoms with E-state index < -0.39 is 0 Å². The van der Waals surface area contributed by atoms with E-state index in [1.165, 1.54) is 16.8 Å². The number of piperazine rings is 1. The monoisotopic (exact) mass is 314 g/mol. The van der Waals surface area contributed by atoms with Crippen LogP contribution in [0.1, 0.15) is 30.3 Å². The predicted octanol–water partition coefficient (Wildman–Crippen LogP) is 2.02. The molecule has 0 radical (unpaired) electrons. The summed E-state index contributed by atoms with van der Waals surface area (Å²) < 4.78 is 1.93. The molecule has 0 aliphatic carbocycles. The van der Waals surface area contributed by atoms with Crippen LogP contribution in [0.25, 0.3) is 0 Å². The van der Waals surface area contributed by atoms with Gasteiger partial charge in [-0.05, 0) is 47.9 Å². The highest BCUT2D eigenvalue weighted by molar-refractivity contribution is 5.56. The molecule has 0 atom stereocenters. The minimum Gasteiger partial charge on any atom is -0.369 e. The Morgan fingerprint density at radius 1 is 1.09 bits per heavy atom. The Bertz CT molecular complexity index is 642. The fourth-order valence-electron chi connectivity index (χ4n) is 3.15. The Kier molecular flexibility index (Phi) is 4.91. The second kappa shape index (κ2) is 7.08. The molecule has 124 valence electrons. The van der Waals surface area contributed by atoms with Gasteiger partial charge in [0, 0.05) is 38.4 Å². The van der Waals surface area contributed by atoms with Gasteiger partial charge in [0.2, 0.25) is 0 Å². The van der Waals surface area contributed by atoms with Gasteiger partial charge >= 0.3 is 0 Å². The number of tetrazole rings is 1. The molecule has 1 aliphatic heterocycles. The molecule has 1 saturated heterocycles. The van der Waals surface area contributed by atoms with Gasteiger partial charge in [-0.1, -0.05) is 19.1 Å². The Balaban J connectivity index is 1.60. The number of hydrogen-bond donors (Lipinski definition) is 0. The summed E-state index contributed by atoms with van der Waals surface area (Å²) in [5.41, 5.74) is 4.14. The lowest BCUT2D eigenvalue weighted by molar-refractivity contribution is 0.239. The van der Waals surface area contributed by atoms with Crippen LogP contribution in [-0.4, -0.2) is 51.3 Å². The summed E-state index contributed by atoms with van der Waals surface area (Å²) in [7, 11) is 0. The van der Waals surface area contributed by atoms with Gasteiger partial charge in [-0.3, -0.25) is 4.90 Å². The van der Waals surface area contributed by atoms with E-state index in [2.05, 4.69) is 64.3 Å². The second-order valence-electron chi connectivity index (χ2n) is 6.30. The number of aryl methyl sites for hydroxylation is 2. The van der Waals surface area contributed by atoms with E-state index in [1.54, 1.807) is 0 Å². The van der Waals surface area contributed by atoms with Gasteiger partial charge in [0.15, 0.2) is 5.82 Å². The van der Waals surface area contributed by atoms with Crippen LogP contribution in [0.15, 0.2) is 18.2 Å². The van der Waals surface area contributed by atoms with Crippen molar-refractivity contribution < 1.29 is 0 Å². The molecule has 6 nitrogen and oxygen atoms in total. The second-order valence-corrected chi connectivity index (χ2v) is 6.30. The molecular formula is C17H26N6. The van der Waals surface area contributed by atoms with Crippen molar-refractivity contribution in [3.63, 3.8) is 0 Å². The van der Waals surface area contributed by atoms with Crippen LogP contribution >= 0.6 is 0 Å². The highest BCUT2D eigenvalue weighted by Crippen LogP contribution is 2.24.